The van der Waals surface area contributed by atoms with E-state index in [1.165, 1.54) is 25.7 Å². The molecule has 0 spiro atoms. The number of halogens is 3. The highest BCUT2D eigenvalue weighted by molar-refractivity contribution is 6.32. The molecule has 0 saturated carbocycles. The van der Waals surface area contributed by atoms with Crippen LogP contribution >= 0.6 is 34.8 Å². The molecular weight excluding hydrogens is 455 g/mol. The van der Waals surface area contributed by atoms with Gasteiger partial charge in [0.05, 0.1) is 10.0 Å². The van der Waals surface area contributed by atoms with E-state index < -0.39 is 0 Å². The fraction of sp³-hybridized carbons (Fsp3) is 0.280. The summed E-state index contributed by atoms with van der Waals surface area (Å²) >= 11 is 16.8. The molecule has 0 aromatic heterocycles. The summed E-state index contributed by atoms with van der Waals surface area (Å²) in [6.45, 7) is 2.21. The molecule has 3 aromatic carbocycles. The molecule has 0 radical (unpaired) electrons. The summed E-state index contributed by atoms with van der Waals surface area (Å²) in [7, 11) is 0. The first kappa shape index (κ1) is 27.0. The zero-order valence-electron chi connectivity index (χ0n) is 17.6. The van der Waals surface area contributed by atoms with Gasteiger partial charge in [-0.1, -0.05) is 91.7 Å². The largest absolute Gasteiger partial charge is 0.508 e. The molecule has 6 heteroatoms. The molecule has 3 aromatic rings. The molecule has 0 heterocycles. The molecule has 0 fully saturated rings. The van der Waals surface area contributed by atoms with Crippen molar-refractivity contribution in [3.8, 4) is 17.2 Å². The van der Waals surface area contributed by atoms with Crippen LogP contribution in [0.2, 0.25) is 15.1 Å². The quantitative estimate of drug-likeness (QED) is 0.307. The SMILES string of the molecule is CCCCCCCc1cccc(Cl)c1O.Oc1ccc(Cl)cc1.Oc1ccccc1Cl. The maximum Gasteiger partial charge on any atom is 0.137 e. The van der Waals surface area contributed by atoms with Crippen LogP contribution in [-0.2, 0) is 6.42 Å². The lowest BCUT2D eigenvalue weighted by molar-refractivity contribution is 0.466. The van der Waals surface area contributed by atoms with Gasteiger partial charge in [-0.15, -0.1) is 0 Å². The van der Waals surface area contributed by atoms with Gasteiger partial charge in [-0.3, -0.25) is 0 Å². The van der Waals surface area contributed by atoms with Gasteiger partial charge in [-0.05, 0) is 60.9 Å². The van der Waals surface area contributed by atoms with Gasteiger partial charge in [-0.2, -0.15) is 0 Å². The Kier molecular flexibility index (Phi) is 13.6. The maximum absolute atomic E-state index is 9.67. The summed E-state index contributed by atoms with van der Waals surface area (Å²) in [5, 5.41) is 28.7. The number of unbranched alkanes of at least 4 members (excludes halogenated alkanes) is 4. The van der Waals surface area contributed by atoms with E-state index in [-0.39, 0.29) is 17.2 Å². The highest BCUT2D eigenvalue weighted by Crippen LogP contribution is 2.28. The summed E-state index contributed by atoms with van der Waals surface area (Å²) in [6.07, 6.45) is 7.16. The molecule has 0 amide bonds. The van der Waals surface area contributed by atoms with Crippen molar-refractivity contribution in [2.75, 3.05) is 0 Å². The summed E-state index contributed by atoms with van der Waals surface area (Å²) in [6, 6.07) is 18.6. The van der Waals surface area contributed by atoms with Crippen LogP contribution in [0.15, 0.2) is 66.7 Å². The third-order valence-electron chi connectivity index (χ3n) is 4.30. The summed E-state index contributed by atoms with van der Waals surface area (Å²) in [5.41, 5.74) is 0.971. The van der Waals surface area contributed by atoms with Crippen LogP contribution in [0.1, 0.15) is 44.6 Å². The van der Waals surface area contributed by atoms with Gasteiger partial charge in [0.1, 0.15) is 17.2 Å². The Morgan fingerprint density at radius 1 is 0.645 bits per heavy atom. The summed E-state index contributed by atoms with van der Waals surface area (Å²) in [4.78, 5) is 0. The van der Waals surface area contributed by atoms with Crippen molar-refractivity contribution in [3.63, 3.8) is 0 Å². The van der Waals surface area contributed by atoms with E-state index >= 15 is 0 Å². The molecule has 3 nitrogen and oxygen atoms in total. The molecule has 31 heavy (non-hydrogen) atoms. The van der Waals surface area contributed by atoms with Crippen molar-refractivity contribution in [2.45, 2.75) is 45.4 Å². The average molecular weight is 484 g/mol. The number of phenols is 3. The van der Waals surface area contributed by atoms with Gasteiger partial charge in [0.25, 0.3) is 0 Å². The Balaban J connectivity index is 0.000000253. The Bertz CT molecular complexity index is 841. The lowest BCUT2D eigenvalue weighted by atomic mass is 10.0. The number of hydrogen-bond donors (Lipinski definition) is 3. The zero-order chi connectivity index (χ0) is 23.1. The highest BCUT2D eigenvalue weighted by Gasteiger charge is 2.04. The first-order valence-electron chi connectivity index (χ1n) is 10.2. The number of aryl methyl sites for hydroxylation is 1. The molecule has 3 N–H and O–H groups in total. The second kappa shape index (κ2) is 15.7. The Labute approximate surface area is 199 Å². The normalized spacial score (nSPS) is 9.81. The minimum absolute atomic E-state index is 0.133. The zero-order valence-corrected chi connectivity index (χ0v) is 19.8. The Morgan fingerprint density at radius 3 is 1.81 bits per heavy atom. The first-order valence-corrected chi connectivity index (χ1v) is 11.3. The Hall–Kier alpha value is -2.07. The maximum atomic E-state index is 9.67. The minimum atomic E-state index is 0.133. The van der Waals surface area contributed by atoms with E-state index in [0.29, 0.717) is 15.1 Å². The summed E-state index contributed by atoms with van der Waals surface area (Å²) in [5.74, 6) is 0.637. The molecule has 0 bridgehead atoms. The Morgan fingerprint density at radius 2 is 1.26 bits per heavy atom. The first-order chi connectivity index (χ1) is 14.8. The molecule has 0 atom stereocenters. The topological polar surface area (TPSA) is 60.7 Å². The smallest absolute Gasteiger partial charge is 0.137 e. The number of aromatic hydroxyl groups is 3. The van der Waals surface area contributed by atoms with Crippen LogP contribution in [0.3, 0.4) is 0 Å². The van der Waals surface area contributed by atoms with E-state index in [1.807, 2.05) is 12.1 Å². The highest BCUT2D eigenvalue weighted by atomic mass is 35.5. The minimum Gasteiger partial charge on any atom is -0.508 e. The van der Waals surface area contributed by atoms with Gasteiger partial charge < -0.3 is 15.3 Å². The number of para-hydroxylation sites is 2. The molecule has 0 aliphatic rings. The van der Waals surface area contributed by atoms with Gasteiger partial charge in [0, 0.05) is 5.02 Å². The van der Waals surface area contributed by atoms with Crippen molar-refractivity contribution < 1.29 is 15.3 Å². The van der Waals surface area contributed by atoms with E-state index in [1.54, 1.807) is 54.6 Å². The second-order valence-electron chi connectivity index (χ2n) is 6.84. The molecule has 0 unspecified atom stereocenters. The van der Waals surface area contributed by atoms with E-state index in [9.17, 15) is 5.11 Å². The fourth-order valence-electron chi connectivity index (χ4n) is 2.57. The van der Waals surface area contributed by atoms with Crippen LogP contribution in [-0.4, -0.2) is 15.3 Å². The predicted octanol–water partition coefficient (Wildman–Crippen LogP) is 8.65. The van der Waals surface area contributed by atoms with Crippen LogP contribution in [0, 0.1) is 0 Å². The van der Waals surface area contributed by atoms with E-state index in [2.05, 4.69) is 6.92 Å². The van der Waals surface area contributed by atoms with E-state index in [0.717, 1.165) is 18.4 Å². The fourth-order valence-corrected chi connectivity index (χ4v) is 3.03. The van der Waals surface area contributed by atoms with Crippen LogP contribution in [0.4, 0.5) is 0 Å². The summed E-state index contributed by atoms with van der Waals surface area (Å²) < 4.78 is 0. The van der Waals surface area contributed by atoms with Gasteiger partial charge in [0.15, 0.2) is 0 Å². The molecule has 3 rings (SSSR count). The monoisotopic (exact) mass is 482 g/mol. The standard InChI is InChI=1S/C13H19ClO.2C6H5ClO/c1-2-3-4-5-6-8-11-9-7-10-12(14)13(11)15;7-5-1-3-6(8)4-2-5;7-5-3-1-2-4-6(5)8/h7,9-10,15H,2-6,8H2,1H3;2*1-4,8H. The number of benzene rings is 3. The van der Waals surface area contributed by atoms with Crippen molar-refractivity contribution in [1.29, 1.82) is 0 Å². The van der Waals surface area contributed by atoms with Crippen LogP contribution < -0.4 is 0 Å². The molecular formula is C25H29Cl3O3. The number of rotatable bonds is 6. The molecule has 0 aliphatic heterocycles. The second-order valence-corrected chi connectivity index (χ2v) is 8.09. The van der Waals surface area contributed by atoms with Crippen LogP contribution in [0.25, 0.3) is 0 Å². The lowest BCUT2D eigenvalue weighted by Crippen LogP contribution is -1.87. The molecule has 0 saturated heterocycles. The molecule has 168 valence electrons. The van der Waals surface area contributed by atoms with Crippen molar-refractivity contribution in [1.82, 2.24) is 0 Å². The van der Waals surface area contributed by atoms with Gasteiger partial charge >= 0.3 is 0 Å². The van der Waals surface area contributed by atoms with E-state index in [4.69, 9.17) is 45.0 Å². The average Bonchev–Trinajstić information content (AvgIpc) is 2.76. The van der Waals surface area contributed by atoms with Gasteiger partial charge in [-0.25, -0.2) is 0 Å². The predicted molar refractivity (Wildman–Crippen MR) is 132 cm³/mol. The lowest BCUT2D eigenvalue weighted by Gasteiger charge is -2.05. The van der Waals surface area contributed by atoms with Crippen molar-refractivity contribution in [3.05, 3.63) is 87.4 Å². The number of phenolic OH excluding ortho intramolecular Hbond substituents is 3. The molecule has 0 aliphatic carbocycles. The van der Waals surface area contributed by atoms with Gasteiger partial charge in [0.2, 0.25) is 0 Å². The van der Waals surface area contributed by atoms with Crippen molar-refractivity contribution >= 4 is 34.8 Å². The number of hydrogen-bond acceptors (Lipinski definition) is 3. The third-order valence-corrected chi connectivity index (χ3v) is 5.18. The third kappa shape index (κ3) is 11.8. The van der Waals surface area contributed by atoms with Crippen molar-refractivity contribution in [2.24, 2.45) is 0 Å². The van der Waals surface area contributed by atoms with Crippen LogP contribution in [0.5, 0.6) is 17.2 Å².